The number of hydrogen-bond donors (Lipinski definition) is 2. The van der Waals surface area contributed by atoms with E-state index in [-0.39, 0.29) is 6.42 Å². The number of rotatable bonds is 4. The van der Waals surface area contributed by atoms with Crippen LogP contribution in [-0.2, 0) is 14.3 Å². The molecule has 1 unspecified atom stereocenters. The Kier molecular flexibility index (Phi) is 3.84. The van der Waals surface area contributed by atoms with E-state index in [0.717, 1.165) is 0 Å². The van der Waals surface area contributed by atoms with Gasteiger partial charge < -0.3 is 15.6 Å². The summed E-state index contributed by atoms with van der Waals surface area (Å²) in [6.45, 7) is 0. The summed E-state index contributed by atoms with van der Waals surface area (Å²) in [7, 11) is 1.28. The maximum atomic E-state index is 11.7. The molecule has 0 aliphatic heterocycles. The molecule has 88 valence electrons. The normalized spacial score (nSPS) is 25.1. The van der Waals surface area contributed by atoms with Crippen LogP contribution in [0.2, 0.25) is 0 Å². The number of carboxylic acids is 1. The predicted molar refractivity (Wildman–Crippen MR) is 57.6 cm³/mol. The molecular weight excluding hydrogens is 210 g/mol. The Morgan fingerprint density at radius 3 is 2.69 bits per heavy atom. The second-order valence-electron chi connectivity index (χ2n) is 3.79. The third-order valence-electron chi connectivity index (χ3n) is 2.64. The minimum Gasteiger partial charge on any atom is -0.480 e. The number of carboxylic acid groups (broad SMARTS) is 1. The molecule has 0 amide bonds. The van der Waals surface area contributed by atoms with Crippen LogP contribution in [0.4, 0.5) is 0 Å². The van der Waals surface area contributed by atoms with Crippen molar-refractivity contribution in [3.8, 4) is 0 Å². The zero-order valence-corrected chi connectivity index (χ0v) is 9.05. The Morgan fingerprint density at radius 2 is 2.25 bits per heavy atom. The van der Waals surface area contributed by atoms with Gasteiger partial charge in [-0.05, 0) is 12.8 Å². The van der Waals surface area contributed by atoms with Crippen molar-refractivity contribution >= 4 is 11.9 Å². The molecule has 0 heterocycles. The molecule has 0 aromatic carbocycles. The van der Waals surface area contributed by atoms with E-state index in [2.05, 4.69) is 0 Å². The van der Waals surface area contributed by atoms with E-state index in [9.17, 15) is 9.59 Å². The number of esters is 1. The highest BCUT2D eigenvalue weighted by molar-refractivity contribution is 5.82. The molecule has 5 nitrogen and oxygen atoms in total. The maximum Gasteiger partial charge on any atom is 0.320 e. The second kappa shape index (κ2) is 4.94. The van der Waals surface area contributed by atoms with E-state index < -0.39 is 23.4 Å². The molecule has 0 saturated carbocycles. The van der Waals surface area contributed by atoms with Gasteiger partial charge in [0.1, 0.15) is 6.04 Å². The number of allylic oxidation sites excluding steroid dienone is 3. The van der Waals surface area contributed by atoms with E-state index in [1.807, 2.05) is 0 Å². The Bertz CT molecular complexity index is 348. The van der Waals surface area contributed by atoms with Gasteiger partial charge in [-0.1, -0.05) is 24.3 Å². The molecule has 1 rings (SSSR count). The summed E-state index contributed by atoms with van der Waals surface area (Å²) in [6, 6.07) is -1.07. The van der Waals surface area contributed by atoms with E-state index >= 15 is 0 Å². The van der Waals surface area contributed by atoms with Crippen LogP contribution >= 0.6 is 0 Å². The van der Waals surface area contributed by atoms with Crippen molar-refractivity contribution in [2.75, 3.05) is 7.11 Å². The Morgan fingerprint density at radius 1 is 1.56 bits per heavy atom. The molecule has 3 N–H and O–H groups in total. The molecule has 0 spiro atoms. The third kappa shape index (κ3) is 2.49. The highest BCUT2D eigenvalue weighted by Gasteiger charge is 2.39. The predicted octanol–water partition coefficient (Wildman–Crippen LogP) is 0.464. The topological polar surface area (TPSA) is 89.6 Å². The number of methoxy groups -OCH3 is 1. The van der Waals surface area contributed by atoms with Gasteiger partial charge in [0.25, 0.3) is 0 Å². The van der Waals surface area contributed by atoms with Gasteiger partial charge in [-0.15, -0.1) is 0 Å². The fourth-order valence-corrected chi connectivity index (χ4v) is 1.73. The monoisotopic (exact) mass is 225 g/mol. The first-order valence-electron chi connectivity index (χ1n) is 4.93. The second-order valence-corrected chi connectivity index (χ2v) is 3.79. The quantitative estimate of drug-likeness (QED) is 0.678. The van der Waals surface area contributed by atoms with E-state index in [1.165, 1.54) is 7.11 Å². The van der Waals surface area contributed by atoms with E-state index in [4.69, 9.17) is 15.6 Å². The molecule has 0 fully saturated rings. The number of hydrogen-bond acceptors (Lipinski definition) is 4. The van der Waals surface area contributed by atoms with Crippen LogP contribution < -0.4 is 5.73 Å². The van der Waals surface area contributed by atoms with Crippen LogP contribution in [0.3, 0.4) is 0 Å². The van der Waals surface area contributed by atoms with Gasteiger partial charge in [-0.25, -0.2) is 0 Å². The van der Waals surface area contributed by atoms with Gasteiger partial charge >= 0.3 is 11.9 Å². The zero-order valence-electron chi connectivity index (χ0n) is 9.05. The van der Waals surface area contributed by atoms with Crippen molar-refractivity contribution in [3.05, 3.63) is 24.3 Å². The lowest BCUT2D eigenvalue weighted by atomic mass is 9.76. The fourth-order valence-electron chi connectivity index (χ4n) is 1.73. The molecule has 0 radical (unpaired) electrons. The molecule has 5 heteroatoms. The molecule has 16 heavy (non-hydrogen) atoms. The summed E-state index contributed by atoms with van der Waals surface area (Å²) in [5.74, 6) is -1.57. The Labute approximate surface area is 93.6 Å². The lowest BCUT2D eigenvalue weighted by Crippen LogP contribution is -2.41. The number of aliphatic carboxylic acids is 1. The standard InChI is InChI=1S/C11H15NO4/c1-16-10(15)11(5-3-2-4-6-11)7-8(12)9(13)14/h2-5,8H,6-7,12H2,1H3,(H,13,14)/t8-,11?/m0/s1. The van der Waals surface area contributed by atoms with Gasteiger partial charge in [0.15, 0.2) is 0 Å². The number of carbonyl (C=O) groups is 2. The SMILES string of the molecule is COC(=O)C1(C[C@H](N)C(=O)O)C=CC=CC1. The van der Waals surface area contributed by atoms with Crippen molar-refractivity contribution < 1.29 is 19.4 Å². The van der Waals surface area contributed by atoms with Gasteiger partial charge in [-0.3, -0.25) is 9.59 Å². The van der Waals surface area contributed by atoms with Gasteiger partial charge in [0, 0.05) is 0 Å². The van der Waals surface area contributed by atoms with Crippen molar-refractivity contribution in [2.45, 2.75) is 18.9 Å². The minimum atomic E-state index is -1.12. The molecular formula is C11H15NO4. The van der Waals surface area contributed by atoms with Crippen molar-refractivity contribution in [1.29, 1.82) is 0 Å². The fraction of sp³-hybridized carbons (Fsp3) is 0.455. The van der Waals surface area contributed by atoms with Crippen molar-refractivity contribution in [2.24, 2.45) is 11.1 Å². The lowest BCUT2D eigenvalue weighted by molar-refractivity contribution is -0.151. The first-order valence-corrected chi connectivity index (χ1v) is 4.93. The smallest absolute Gasteiger partial charge is 0.320 e. The van der Waals surface area contributed by atoms with Gasteiger partial charge in [0.05, 0.1) is 12.5 Å². The number of carbonyl (C=O) groups excluding carboxylic acids is 1. The highest BCUT2D eigenvalue weighted by atomic mass is 16.5. The number of ether oxygens (including phenoxy) is 1. The van der Waals surface area contributed by atoms with E-state index in [0.29, 0.717) is 6.42 Å². The summed E-state index contributed by atoms with van der Waals surface area (Å²) in [5.41, 5.74) is 4.52. The van der Waals surface area contributed by atoms with Crippen LogP contribution in [-0.4, -0.2) is 30.2 Å². The molecule has 0 aromatic rings. The van der Waals surface area contributed by atoms with Crippen LogP contribution in [0.25, 0.3) is 0 Å². The number of nitrogens with two attached hydrogens (primary N) is 1. The van der Waals surface area contributed by atoms with Crippen LogP contribution in [0.15, 0.2) is 24.3 Å². The summed E-state index contributed by atoms with van der Waals surface area (Å²) >= 11 is 0. The average Bonchev–Trinajstić information content (AvgIpc) is 2.29. The van der Waals surface area contributed by atoms with Crippen LogP contribution in [0, 0.1) is 5.41 Å². The molecule has 0 saturated heterocycles. The average molecular weight is 225 g/mol. The third-order valence-corrected chi connectivity index (χ3v) is 2.64. The maximum absolute atomic E-state index is 11.7. The molecule has 1 aliphatic carbocycles. The minimum absolute atomic E-state index is 0.0375. The first-order chi connectivity index (χ1) is 7.52. The Hall–Kier alpha value is -1.62. The molecule has 2 atom stereocenters. The van der Waals surface area contributed by atoms with Gasteiger partial charge in [-0.2, -0.15) is 0 Å². The molecule has 1 aliphatic rings. The largest absolute Gasteiger partial charge is 0.480 e. The van der Waals surface area contributed by atoms with Crippen LogP contribution in [0.5, 0.6) is 0 Å². The zero-order chi connectivity index (χ0) is 12.2. The summed E-state index contributed by atoms with van der Waals surface area (Å²) in [4.78, 5) is 22.4. The first kappa shape index (κ1) is 12.4. The van der Waals surface area contributed by atoms with E-state index in [1.54, 1.807) is 24.3 Å². The summed E-state index contributed by atoms with van der Waals surface area (Å²) in [5, 5.41) is 8.76. The lowest BCUT2D eigenvalue weighted by Gasteiger charge is -2.29. The van der Waals surface area contributed by atoms with Crippen molar-refractivity contribution in [3.63, 3.8) is 0 Å². The van der Waals surface area contributed by atoms with Gasteiger partial charge in [0.2, 0.25) is 0 Å². The highest BCUT2D eigenvalue weighted by Crippen LogP contribution is 2.34. The van der Waals surface area contributed by atoms with Crippen LogP contribution in [0.1, 0.15) is 12.8 Å². The molecule has 0 bridgehead atoms. The van der Waals surface area contributed by atoms with Crippen molar-refractivity contribution in [1.82, 2.24) is 0 Å². The summed E-state index contributed by atoms with van der Waals surface area (Å²) < 4.78 is 4.70. The Balaban J connectivity index is 2.88. The summed E-state index contributed by atoms with van der Waals surface area (Å²) in [6.07, 6.45) is 7.41. The molecule has 0 aromatic heterocycles.